The average molecular weight is 332 g/mol. The minimum atomic E-state index is -0.430. The highest BCUT2D eigenvalue weighted by Gasteiger charge is 2.11. The van der Waals surface area contributed by atoms with E-state index in [-0.39, 0.29) is 5.57 Å². The molecule has 0 unspecified atom stereocenters. The summed E-state index contributed by atoms with van der Waals surface area (Å²) in [6.07, 6.45) is 4.00. The maximum absolute atomic E-state index is 12.4. The Morgan fingerprint density at radius 2 is 2.08 bits per heavy atom. The first-order valence-electron chi connectivity index (χ1n) is 8.02. The Bertz CT molecular complexity index is 832. The summed E-state index contributed by atoms with van der Waals surface area (Å²) < 4.78 is 5.47. The van der Waals surface area contributed by atoms with Crippen LogP contribution in [0.4, 0.5) is 5.69 Å². The number of benzene rings is 2. The van der Waals surface area contributed by atoms with Crippen molar-refractivity contribution >= 4 is 17.7 Å². The molecular weight excluding hydrogens is 312 g/mol. The van der Waals surface area contributed by atoms with Gasteiger partial charge in [0.05, 0.1) is 0 Å². The van der Waals surface area contributed by atoms with Crippen LogP contribution >= 0.6 is 0 Å². The molecule has 0 spiro atoms. The molecule has 0 heterocycles. The van der Waals surface area contributed by atoms with Crippen molar-refractivity contribution in [2.45, 2.75) is 13.3 Å². The van der Waals surface area contributed by atoms with Gasteiger partial charge in [0.25, 0.3) is 5.91 Å². The fourth-order valence-electron chi connectivity index (χ4n) is 2.30. The Hall–Kier alpha value is -3.32. The summed E-state index contributed by atoms with van der Waals surface area (Å²) in [6, 6.07) is 16.7. The van der Waals surface area contributed by atoms with Crippen LogP contribution in [-0.4, -0.2) is 12.5 Å². The van der Waals surface area contributed by atoms with Crippen LogP contribution in [0, 0.1) is 11.3 Å². The van der Waals surface area contributed by atoms with Crippen LogP contribution in [0.5, 0.6) is 5.75 Å². The normalized spacial score (nSPS) is 10.6. The molecule has 2 aromatic carbocycles. The first-order chi connectivity index (χ1) is 12.2. The van der Waals surface area contributed by atoms with E-state index in [2.05, 4.69) is 11.9 Å². The highest BCUT2D eigenvalue weighted by Crippen LogP contribution is 2.19. The number of nitrogens with zero attached hydrogens (tertiary/aromatic N) is 1. The molecule has 2 aromatic rings. The van der Waals surface area contributed by atoms with Crippen molar-refractivity contribution in [2.75, 3.05) is 11.9 Å². The lowest BCUT2D eigenvalue weighted by Crippen LogP contribution is -2.14. The van der Waals surface area contributed by atoms with E-state index < -0.39 is 5.91 Å². The number of ether oxygens (including phenoxy) is 1. The zero-order valence-electron chi connectivity index (χ0n) is 14.2. The lowest BCUT2D eigenvalue weighted by molar-refractivity contribution is -0.112. The third-order valence-electron chi connectivity index (χ3n) is 3.55. The lowest BCUT2D eigenvalue weighted by Gasteiger charge is -2.09. The first kappa shape index (κ1) is 18.0. The van der Waals surface area contributed by atoms with Gasteiger partial charge in [0.2, 0.25) is 0 Å². The van der Waals surface area contributed by atoms with Crippen molar-refractivity contribution in [1.29, 1.82) is 5.26 Å². The van der Waals surface area contributed by atoms with Crippen LogP contribution < -0.4 is 10.1 Å². The number of nitrogens with one attached hydrogen (secondary N) is 1. The zero-order chi connectivity index (χ0) is 18.1. The number of carbonyl (C=O) groups is 1. The van der Waals surface area contributed by atoms with Gasteiger partial charge in [0.15, 0.2) is 0 Å². The second kappa shape index (κ2) is 9.09. The van der Waals surface area contributed by atoms with Crippen LogP contribution in [0.15, 0.2) is 66.8 Å². The Morgan fingerprint density at radius 1 is 1.28 bits per heavy atom. The van der Waals surface area contributed by atoms with E-state index in [0.717, 1.165) is 23.2 Å². The summed E-state index contributed by atoms with van der Waals surface area (Å²) in [5.74, 6) is 0.225. The molecule has 0 aliphatic rings. The van der Waals surface area contributed by atoms with Crippen molar-refractivity contribution in [3.05, 3.63) is 77.9 Å². The van der Waals surface area contributed by atoms with Crippen molar-refractivity contribution < 1.29 is 9.53 Å². The Kier molecular flexibility index (Phi) is 6.56. The largest absolute Gasteiger partial charge is 0.490 e. The first-order valence-corrected chi connectivity index (χ1v) is 8.02. The second-order valence-electron chi connectivity index (χ2n) is 5.31. The number of para-hydroxylation sites is 1. The van der Waals surface area contributed by atoms with Crippen LogP contribution in [0.3, 0.4) is 0 Å². The van der Waals surface area contributed by atoms with Gasteiger partial charge < -0.3 is 10.1 Å². The van der Waals surface area contributed by atoms with E-state index in [0.29, 0.717) is 12.4 Å². The fraction of sp³-hybridized carbons (Fsp3) is 0.143. The predicted molar refractivity (Wildman–Crippen MR) is 100 cm³/mol. The second-order valence-corrected chi connectivity index (χ2v) is 5.31. The fourth-order valence-corrected chi connectivity index (χ4v) is 2.30. The topological polar surface area (TPSA) is 62.1 Å². The molecule has 0 bridgehead atoms. The molecule has 1 N–H and O–H groups in total. The van der Waals surface area contributed by atoms with Crippen LogP contribution in [0.2, 0.25) is 0 Å². The standard InChI is InChI=1S/C21H20N2O2/c1-3-12-25-19-10-7-8-16(14-19)13-18(15-22)21(24)23-20-11-6-5-9-17(20)4-2/h3,5-11,13-14H,1,4,12H2,2H3,(H,23,24)/b18-13-. The van der Waals surface area contributed by atoms with Crippen molar-refractivity contribution in [3.63, 3.8) is 0 Å². The highest BCUT2D eigenvalue weighted by atomic mass is 16.5. The smallest absolute Gasteiger partial charge is 0.266 e. The van der Waals surface area contributed by atoms with E-state index in [1.54, 1.807) is 18.2 Å². The summed E-state index contributed by atoms with van der Waals surface area (Å²) in [4.78, 5) is 12.4. The summed E-state index contributed by atoms with van der Waals surface area (Å²) in [5.41, 5.74) is 2.50. The number of hydrogen-bond acceptors (Lipinski definition) is 3. The van der Waals surface area contributed by atoms with Crippen molar-refractivity contribution in [2.24, 2.45) is 0 Å². The summed E-state index contributed by atoms with van der Waals surface area (Å²) in [7, 11) is 0. The molecule has 0 fully saturated rings. The average Bonchev–Trinajstić information content (AvgIpc) is 2.65. The quantitative estimate of drug-likeness (QED) is 0.465. The number of carbonyl (C=O) groups excluding carboxylic acids is 1. The lowest BCUT2D eigenvalue weighted by atomic mass is 10.1. The summed E-state index contributed by atoms with van der Waals surface area (Å²) >= 11 is 0. The summed E-state index contributed by atoms with van der Waals surface area (Å²) in [5, 5.41) is 12.2. The molecular formula is C21H20N2O2. The molecule has 0 saturated carbocycles. The SMILES string of the molecule is C=CCOc1cccc(/C=C(/C#N)C(=O)Nc2ccccc2CC)c1. The molecule has 4 heteroatoms. The molecule has 126 valence electrons. The van der Waals surface area contributed by atoms with Gasteiger partial charge in [-0.15, -0.1) is 0 Å². The molecule has 1 amide bonds. The zero-order valence-corrected chi connectivity index (χ0v) is 14.2. The number of nitriles is 1. The highest BCUT2D eigenvalue weighted by molar-refractivity contribution is 6.10. The van der Waals surface area contributed by atoms with Gasteiger partial charge in [0, 0.05) is 5.69 Å². The number of aryl methyl sites for hydroxylation is 1. The molecule has 4 nitrogen and oxygen atoms in total. The van der Waals surface area contributed by atoms with Gasteiger partial charge in [-0.1, -0.05) is 49.9 Å². The van der Waals surface area contributed by atoms with Gasteiger partial charge in [-0.3, -0.25) is 4.79 Å². The Balaban J connectivity index is 2.21. The van der Waals surface area contributed by atoms with Gasteiger partial charge >= 0.3 is 0 Å². The Labute approximate surface area is 148 Å². The summed E-state index contributed by atoms with van der Waals surface area (Å²) in [6.45, 7) is 6.01. The molecule has 0 aliphatic heterocycles. The number of anilines is 1. The van der Waals surface area contributed by atoms with Crippen LogP contribution in [0.1, 0.15) is 18.1 Å². The molecule has 0 radical (unpaired) electrons. The van der Waals surface area contributed by atoms with E-state index >= 15 is 0 Å². The third kappa shape index (κ3) is 5.08. The maximum atomic E-state index is 12.4. The van der Waals surface area contributed by atoms with Crippen molar-refractivity contribution in [3.8, 4) is 11.8 Å². The number of hydrogen-bond donors (Lipinski definition) is 1. The number of amides is 1. The van der Waals surface area contributed by atoms with Gasteiger partial charge in [-0.05, 0) is 41.8 Å². The van der Waals surface area contributed by atoms with E-state index in [9.17, 15) is 10.1 Å². The van der Waals surface area contributed by atoms with Gasteiger partial charge in [-0.25, -0.2) is 0 Å². The monoisotopic (exact) mass is 332 g/mol. The van der Waals surface area contributed by atoms with E-state index in [1.807, 2.05) is 55.5 Å². The van der Waals surface area contributed by atoms with Gasteiger partial charge in [-0.2, -0.15) is 5.26 Å². The van der Waals surface area contributed by atoms with E-state index in [4.69, 9.17) is 4.74 Å². The number of rotatable bonds is 7. The molecule has 2 rings (SSSR count). The van der Waals surface area contributed by atoms with Crippen LogP contribution in [-0.2, 0) is 11.2 Å². The maximum Gasteiger partial charge on any atom is 0.266 e. The molecule has 25 heavy (non-hydrogen) atoms. The predicted octanol–water partition coefficient (Wildman–Crippen LogP) is 4.36. The van der Waals surface area contributed by atoms with E-state index in [1.165, 1.54) is 0 Å². The van der Waals surface area contributed by atoms with Crippen LogP contribution in [0.25, 0.3) is 6.08 Å². The minimum Gasteiger partial charge on any atom is -0.490 e. The molecule has 0 atom stereocenters. The van der Waals surface area contributed by atoms with Gasteiger partial charge in [0.1, 0.15) is 24.0 Å². The Morgan fingerprint density at radius 3 is 2.80 bits per heavy atom. The minimum absolute atomic E-state index is 0.0341. The molecule has 0 aliphatic carbocycles. The molecule has 0 aromatic heterocycles. The third-order valence-corrected chi connectivity index (χ3v) is 3.55. The van der Waals surface area contributed by atoms with Crippen molar-refractivity contribution in [1.82, 2.24) is 0 Å². The molecule has 0 saturated heterocycles.